The molecule has 0 spiro atoms. The van der Waals surface area contributed by atoms with Crippen molar-refractivity contribution in [1.29, 1.82) is 0 Å². The molecule has 6 heteroatoms. The number of aromatic nitrogens is 2. The van der Waals surface area contributed by atoms with E-state index < -0.39 is 0 Å². The maximum atomic E-state index is 12.8. The largest absolute Gasteiger partial charge is 0.333 e. The highest BCUT2D eigenvalue weighted by Crippen LogP contribution is 2.18. The van der Waals surface area contributed by atoms with E-state index >= 15 is 0 Å². The molecule has 0 atom stereocenters. The summed E-state index contributed by atoms with van der Waals surface area (Å²) in [5.41, 5.74) is 1.56. The average molecular weight is 428 g/mol. The van der Waals surface area contributed by atoms with Crippen molar-refractivity contribution in [3.05, 3.63) is 74.7 Å². The number of amides is 1. The Labute approximate surface area is 166 Å². The first kappa shape index (κ1) is 19.3. The van der Waals surface area contributed by atoms with Crippen LogP contribution >= 0.6 is 15.9 Å². The highest BCUT2D eigenvalue weighted by Gasteiger charge is 2.19. The molecule has 1 heterocycles. The molecular weight excluding hydrogens is 406 g/mol. The van der Waals surface area contributed by atoms with Gasteiger partial charge in [-0.2, -0.15) is 0 Å². The zero-order valence-corrected chi connectivity index (χ0v) is 17.0. The van der Waals surface area contributed by atoms with Gasteiger partial charge in [0.15, 0.2) is 0 Å². The van der Waals surface area contributed by atoms with Gasteiger partial charge in [0.1, 0.15) is 5.82 Å². The van der Waals surface area contributed by atoms with Crippen molar-refractivity contribution in [3.8, 4) is 0 Å². The van der Waals surface area contributed by atoms with Crippen molar-refractivity contribution in [2.45, 2.75) is 39.3 Å². The van der Waals surface area contributed by atoms with Crippen molar-refractivity contribution >= 4 is 32.7 Å². The summed E-state index contributed by atoms with van der Waals surface area (Å²) in [6, 6.07) is 15.1. The third-order valence-corrected chi connectivity index (χ3v) is 5.27. The molecule has 3 aromatic rings. The Hall–Kier alpha value is -2.47. The number of fused-ring (bicyclic) bond motifs is 1. The Bertz CT molecular complexity index is 1010. The second-order valence-electron chi connectivity index (χ2n) is 6.74. The first-order chi connectivity index (χ1) is 13.0. The smallest absolute Gasteiger partial charge is 0.258 e. The third kappa shape index (κ3) is 4.63. The molecule has 140 valence electrons. The number of benzene rings is 2. The minimum atomic E-state index is -0.181. The summed E-state index contributed by atoms with van der Waals surface area (Å²) >= 11 is 3.52. The number of halogens is 1. The van der Waals surface area contributed by atoms with Crippen LogP contribution in [0.1, 0.15) is 31.7 Å². The molecule has 3 rings (SSSR count). The summed E-state index contributed by atoms with van der Waals surface area (Å²) < 4.78 is 1.01. The van der Waals surface area contributed by atoms with Crippen LogP contribution in [0.2, 0.25) is 0 Å². The van der Waals surface area contributed by atoms with E-state index in [0.717, 1.165) is 10.0 Å². The number of aromatic amines is 1. The van der Waals surface area contributed by atoms with E-state index in [0.29, 0.717) is 29.6 Å². The van der Waals surface area contributed by atoms with E-state index in [1.807, 2.05) is 56.3 Å². The lowest BCUT2D eigenvalue weighted by atomic mass is 10.1. The molecule has 1 amide bonds. The molecular formula is C21H22BrN3O2. The number of rotatable bonds is 6. The van der Waals surface area contributed by atoms with Gasteiger partial charge in [-0.05, 0) is 44.0 Å². The van der Waals surface area contributed by atoms with Crippen molar-refractivity contribution < 1.29 is 4.79 Å². The highest BCUT2D eigenvalue weighted by atomic mass is 79.9. The van der Waals surface area contributed by atoms with Crippen LogP contribution in [0.4, 0.5) is 0 Å². The Balaban J connectivity index is 1.76. The van der Waals surface area contributed by atoms with Gasteiger partial charge in [0.25, 0.3) is 5.56 Å². The summed E-state index contributed by atoms with van der Waals surface area (Å²) in [7, 11) is 0. The molecule has 0 bridgehead atoms. The van der Waals surface area contributed by atoms with Gasteiger partial charge in [-0.3, -0.25) is 9.59 Å². The van der Waals surface area contributed by atoms with E-state index in [9.17, 15) is 9.59 Å². The average Bonchev–Trinajstić information content (AvgIpc) is 2.65. The second-order valence-corrected chi connectivity index (χ2v) is 7.59. The number of para-hydroxylation sites is 1. The molecule has 0 aliphatic heterocycles. The SMILES string of the molecule is CC(C)N(Cc1nc2ccccc2c(=O)[nH]1)C(=O)CCc1ccccc1Br. The molecule has 0 aliphatic rings. The first-order valence-electron chi connectivity index (χ1n) is 8.96. The summed E-state index contributed by atoms with van der Waals surface area (Å²) in [6.07, 6.45) is 1.06. The minimum Gasteiger partial charge on any atom is -0.333 e. The Morgan fingerprint density at radius 1 is 1.15 bits per heavy atom. The minimum absolute atomic E-state index is 0.00786. The van der Waals surface area contributed by atoms with Gasteiger partial charge in [-0.15, -0.1) is 0 Å². The summed E-state index contributed by atoms with van der Waals surface area (Å²) in [6.45, 7) is 4.22. The fourth-order valence-corrected chi connectivity index (χ4v) is 3.50. The molecule has 0 radical (unpaired) electrons. The quantitative estimate of drug-likeness (QED) is 0.644. The lowest BCUT2D eigenvalue weighted by Crippen LogP contribution is -2.37. The molecule has 1 aromatic heterocycles. The number of nitrogens with zero attached hydrogens (tertiary/aromatic N) is 2. The maximum absolute atomic E-state index is 12.8. The number of carbonyl (C=O) groups excluding carboxylic acids is 1. The fourth-order valence-electron chi connectivity index (χ4n) is 3.02. The number of aryl methyl sites for hydroxylation is 1. The summed E-state index contributed by atoms with van der Waals surface area (Å²) in [4.78, 5) is 34.2. The van der Waals surface area contributed by atoms with E-state index in [4.69, 9.17) is 0 Å². The van der Waals surface area contributed by atoms with Crippen LogP contribution in [0.5, 0.6) is 0 Å². The molecule has 2 aromatic carbocycles. The number of hydrogen-bond acceptors (Lipinski definition) is 3. The van der Waals surface area contributed by atoms with Crippen LogP contribution in [0.3, 0.4) is 0 Å². The zero-order chi connectivity index (χ0) is 19.4. The lowest BCUT2D eigenvalue weighted by Gasteiger charge is -2.26. The van der Waals surface area contributed by atoms with Crippen molar-refractivity contribution in [2.75, 3.05) is 0 Å². The van der Waals surface area contributed by atoms with E-state index in [2.05, 4.69) is 25.9 Å². The van der Waals surface area contributed by atoms with Gasteiger partial charge in [0.2, 0.25) is 5.91 Å². The Morgan fingerprint density at radius 2 is 1.85 bits per heavy atom. The van der Waals surface area contributed by atoms with E-state index in [1.165, 1.54) is 0 Å². The van der Waals surface area contributed by atoms with Crippen LogP contribution < -0.4 is 5.56 Å². The van der Waals surface area contributed by atoms with E-state index in [-0.39, 0.29) is 24.1 Å². The lowest BCUT2D eigenvalue weighted by molar-refractivity contribution is -0.133. The van der Waals surface area contributed by atoms with Gasteiger partial charge in [0.05, 0.1) is 17.4 Å². The van der Waals surface area contributed by atoms with Crippen LogP contribution in [-0.2, 0) is 17.8 Å². The molecule has 27 heavy (non-hydrogen) atoms. The molecule has 0 unspecified atom stereocenters. The van der Waals surface area contributed by atoms with E-state index in [1.54, 1.807) is 11.0 Å². The van der Waals surface area contributed by atoms with Crippen molar-refractivity contribution in [2.24, 2.45) is 0 Å². The summed E-state index contributed by atoms with van der Waals surface area (Å²) in [5.74, 6) is 0.540. The van der Waals surface area contributed by atoms with Crippen molar-refractivity contribution in [1.82, 2.24) is 14.9 Å². The van der Waals surface area contributed by atoms with Crippen LogP contribution in [0, 0.1) is 0 Å². The van der Waals surface area contributed by atoms with Crippen LogP contribution in [0.15, 0.2) is 57.8 Å². The zero-order valence-electron chi connectivity index (χ0n) is 15.4. The summed E-state index contributed by atoms with van der Waals surface area (Å²) in [5, 5.41) is 0.553. The van der Waals surface area contributed by atoms with Crippen LogP contribution in [-0.4, -0.2) is 26.8 Å². The van der Waals surface area contributed by atoms with Gasteiger partial charge < -0.3 is 9.88 Å². The number of nitrogens with one attached hydrogen (secondary N) is 1. The normalized spacial score (nSPS) is 11.1. The molecule has 1 N–H and O–H groups in total. The molecule has 0 saturated heterocycles. The number of hydrogen-bond donors (Lipinski definition) is 1. The highest BCUT2D eigenvalue weighted by molar-refractivity contribution is 9.10. The number of carbonyl (C=O) groups is 1. The first-order valence-corrected chi connectivity index (χ1v) is 9.76. The Kier molecular flexibility index (Phi) is 6.06. The third-order valence-electron chi connectivity index (χ3n) is 4.49. The Morgan fingerprint density at radius 3 is 2.59 bits per heavy atom. The van der Waals surface area contributed by atoms with Gasteiger partial charge in [0, 0.05) is 16.9 Å². The predicted molar refractivity (Wildman–Crippen MR) is 111 cm³/mol. The predicted octanol–water partition coefficient (Wildman–Crippen LogP) is 4.06. The standard InChI is InChI=1S/C21H22BrN3O2/c1-14(2)25(20(26)12-11-15-7-3-5-9-17(15)22)13-19-23-18-10-6-4-8-16(18)21(27)24-19/h3-10,14H,11-13H2,1-2H3,(H,23,24,27). The molecule has 5 nitrogen and oxygen atoms in total. The molecule has 0 fully saturated rings. The fraction of sp³-hybridized carbons (Fsp3) is 0.286. The molecule has 0 saturated carbocycles. The topological polar surface area (TPSA) is 66.1 Å². The van der Waals surface area contributed by atoms with Gasteiger partial charge >= 0.3 is 0 Å². The number of H-pyrrole nitrogens is 1. The van der Waals surface area contributed by atoms with Gasteiger partial charge in [-0.25, -0.2) is 4.98 Å². The second kappa shape index (κ2) is 8.48. The van der Waals surface area contributed by atoms with Crippen molar-refractivity contribution in [3.63, 3.8) is 0 Å². The monoisotopic (exact) mass is 427 g/mol. The van der Waals surface area contributed by atoms with Crippen LogP contribution in [0.25, 0.3) is 10.9 Å². The van der Waals surface area contributed by atoms with Gasteiger partial charge in [-0.1, -0.05) is 46.3 Å². The maximum Gasteiger partial charge on any atom is 0.258 e. The molecule has 0 aliphatic carbocycles.